The van der Waals surface area contributed by atoms with E-state index >= 15 is 0 Å². The molecule has 0 aromatic heterocycles. The first kappa shape index (κ1) is 16.3. The molecule has 0 atom stereocenters. The predicted octanol–water partition coefficient (Wildman–Crippen LogP) is 3.61. The van der Waals surface area contributed by atoms with Crippen LogP contribution in [0.5, 0.6) is 0 Å². The number of rotatable bonds is 5. The quantitative estimate of drug-likeness (QED) is 0.670. The van der Waals surface area contributed by atoms with E-state index in [1.807, 2.05) is 12.1 Å². The molecule has 0 unspecified atom stereocenters. The van der Waals surface area contributed by atoms with Crippen LogP contribution in [0.2, 0.25) is 5.02 Å². The number of sulfonamides is 1. The number of allylic oxidation sites excluding steroid dienone is 1. The lowest BCUT2D eigenvalue weighted by atomic mass is 10.1. The van der Waals surface area contributed by atoms with Gasteiger partial charge in [0.2, 0.25) is 10.0 Å². The summed E-state index contributed by atoms with van der Waals surface area (Å²) in [5, 5.41) is 0.555. The summed E-state index contributed by atoms with van der Waals surface area (Å²) in [4.78, 5) is 12.1. The fourth-order valence-electron chi connectivity index (χ4n) is 1.82. The smallest absolute Gasteiger partial charge is 0.229 e. The number of hydrogen-bond acceptors (Lipinski definition) is 3. The second-order valence-electron chi connectivity index (χ2n) is 4.67. The van der Waals surface area contributed by atoms with E-state index in [2.05, 4.69) is 4.72 Å². The highest BCUT2D eigenvalue weighted by atomic mass is 35.5. The molecule has 2 aromatic rings. The van der Waals surface area contributed by atoms with Crippen LogP contribution in [0.1, 0.15) is 15.9 Å². The van der Waals surface area contributed by atoms with Crippen molar-refractivity contribution in [3.8, 4) is 0 Å². The van der Waals surface area contributed by atoms with Crippen LogP contribution >= 0.6 is 11.6 Å². The van der Waals surface area contributed by atoms with Gasteiger partial charge < -0.3 is 0 Å². The third-order valence-electron chi connectivity index (χ3n) is 2.77. The van der Waals surface area contributed by atoms with Crippen molar-refractivity contribution in [1.82, 2.24) is 0 Å². The highest BCUT2D eigenvalue weighted by molar-refractivity contribution is 7.92. The number of ketones is 1. The second-order valence-corrected chi connectivity index (χ2v) is 6.83. The Morgan fingerprint density at radius 1 is 1.14 bits per heavy atom. The predicted molar refractivity (Wildman–Crippen MR) is 89.7 cm³/mol. The van der Waals surface area contributed by atoms with Crippen molar-refractivity contribution in [2.45, 2.75) is 0 Å². The van der Waals surface area contributed by atoms with E-state index in [9.17, 15) is 13.2 Å². The van der Waals surface area contributed by atoms with Gasteiger partial charge in [-0.1, -0.05) is 41.9 Å². The van der Waals surface area contributed by atoms with E-state index in [0.29, 0.717) is 16.3 Å². The zero-order valence-corrected chi connectivity index (χ0v) is 13.4. The average Bonchev–Trinajstić information content (AvgIpc) is 2.44. The molecule has 0 bridgehead atoms. The van der Waals surface area contributed by atoms with Crippen molar-refractivity contribution < 1.29 is 13.2 Å². The van der Waals surface area contributed by atoms with E-state index in [1.165, 1.54) is 12.1 Å². The second kappa shape index (κ2) is 6.77. The molecule has 0 aliphatic rings. The topological polar surface area (TPSA) is 63.2 Å². The monoisotopic (exact) mass is 335 g/mol. The van der Waals surface area contributed by atoms with E-state index in [1.54, 1.807) is 36.4 Å². The first-order valence-electron chi connectivity index (χ1n) is 6.40. The van der Waals surface area contributed by atoms with Crippen LogP contribution in [0.15, 0.2) is 54.6 Å². The Bertz CT molecular complexity index is 829. The number of halogens is 1. The molecule has 0 aliphatic heterocycles. The highest BCUT2D eigenvalue weighted by Gasteiger charge is 2.06. The standard InChI is InChI=1S/C16H14ClNO3S/c1-22(20,21)18-14-7-4-6-13(11-14)16(19)10-9-12-5-2-3-8-15(12)17/h2-11,18H,1H3/b10-9+. The lowest BCUT2D eigenvalue weighted by Crippen LogP contribution is -2.10. The van der Waals surface area contributed by atoms with Gasteiger partial charge in [0.05, 0.1) is 6.26 Å². The maximum atomic E-state index is 12.1. The van der Waals surface area contributed by atoms with Gasteiger partial charge in [0.15, 0.2) is 5.78 Å². The molecule has 1 N–H and O–H groups in total. The minimum atomic E-state index is -3.38. The van der Waals surface area contributed by atoms with Crippen LogP contribution in [0.3, 0.4) is 0 Å². The van der Waals surface area contributed by atoms with Gasteiger partial charge in [-0.15, -0.1) is 0 Å². The largest absolute Gasteiger partial charge is 0.289 e. The van der Waals surface area contributed by atoms with Crippen LogP contribution in [-0.2, 0) is 10.0 Å². The molecule has 6 heteroatoms. The molecular weight excluding hydrogens is 322 g/mol. The molecule has 0 radical (unpaired) electrons. The fraction of sp³-hybridized carbons (Fsp3) is 0.0625. The Labute approximate surface area is 134 Å². The summed E-state index contributed by atoms with van der Waals surface area (Å²) in [6.07, 6.45) is 4.08. The summed E-state index contributed by atoms with van der Waals surface area (Å²) in [7, 11) is -3.38. The molecule has 2 rings (SSSR count). The molecule has 0 spiro atoms. The molecule has 0 saturated heterocycles. The molecule has 2 aromatic carbocycles. The number of carbonyl (C=O) groups is 1. The molecule has 0 saturated carbocycles. The highest BCUT2D eigenvalue weighted by Crippen LogP contribution is 2.17. The van der Waals surface area contributed by atoms with Gasteiger partial charge in [-0.25, -0.2) is 8.42 Å². The van der Waals surface area contributed by atoms with Crippen LogP contribution < -0.4 is 4.72 Å². The third kappa shape index (κ3) is 4.72. The maximum absolute atomic E-state index is 12.1. The van der Waals surface area contributed by atoms with Crippen molar-refractivity contribution >= 4 is 39.2 Å². The number of hydrogen-bond donors (Lipinski definition) is 1. The van der Waals surface area contributed by atoms with Crippen LogP contribution in [0, 0.1) is 0 Å². The minimum Gasteiger partial charge on any atom is -0.289 e. The summed E-state index contributed by atoms with van der Waals surface area (Å²) in [6.45, 7) is 0. The zero-order chi connectivity index (χ0) is 16.2. The molecule has 4 nitrogen and oxygen atoms in total. The minimum absolute atomic E-state index is 0.239. The molecule has 0 amide bonds. The maximum Gasteiger partial charge on any atom is 0.229 e. The Morgan fingerprint density at radius 3 is 2.55 bits per heavy atom. The van der Waals surface area contributed by atoms with Crippen molar-refractivity contribution in [2.24, 2.45) is 0 Å². The van der Waals surface area contributed by atoms with Gasteiger partial charge >= 0.3 is 0 Å². The Morgan fingerprint density at radius 2 is 1.86 bits per heavy atom. The summed E-state index contributed by atoms with van der Waals surface area (Å²) >= 11 is 6.01. The summed E-state index contributed by atoms with van der Waals surface area (Å²) < 4.78 is 24.7. The van der Waals surface area contributed by atoms with E-state index < -0.39 is 10.0 Å². The summed E-state index contributed by atoms with van der Waals surface area (Å²) in [5.41, 5.74) is 1.47. The number of benzene rings is 2. The van der Waals surface area contributed by atoms with Crippen molar-refractivity contribution in [3.63, 3.8) is 0 Å². The number of nitrogens with one attached hydrogen (secondary N) is 1. The van der Waals surface area contributed by atoms with Gasteiger partial charge in [0.25, 0.3) is 0 Å². The van der Waals surface area contributed by atoms with Gasteiger partial charge in [0, 0.05) is 16.3 Å². The summed E-state index contributed by atoms with van der Waals surface area (Å²) in [6, 6.07) is 13.5. The van der Waals surface area contributed by atoms with Crippen molar-refractivity contribution in [2.75, 3.05) is 11.0 Å². The lowest BCUT2D eigenvalue weighted by molar-refractivity contribution is 0.104. The molecule has 0 aliphatic carbocycles. The van der Waals surface area contributed by atoms with Gasteiger partial charge in [-0.05, 0) is 35.9 Å². The van der Waals surface area contributed by atoms with Gasteiger partial charge in [-0.2, -0.15) is 0 Å². The number of carbonyl (C=O) groups excluding carboxylic acids is 1. The number of anilines is 1. The first-order chi connectivity index (χ1) is 10.3. The van der Waals surface area contributed by atoms with E-state index in [-0.39, 0.29) is 5.78 Å². The van der Waals surface area contributed by atoms with E-state index in [0.717, 1.165) is 11.8 Å². The van der Waals surface area contributed by atoms with Crippen LogP contribution in [-0.4, -0.2) is 20.5 Å². The van der Waals surface area contributed by atoms with Gasteiger partial charge in [0.1, 0.15) is 0 Å². The van der Waals surface area contributed by atoms with Crippen LogP contribution in [0.4, 0.5) is 5.69 Å². The Hall–Kier alpha value is -2.11. The fourth-order valence-corrected chi connectivity index (χ4v) is 2.58. The lowest BCUT2D eigenvalue weighted by Gasteiger charge is -2.04. The van der Waals surface area contributed by atoms with Crippen LogP contribution in [0.25, 0.3) is 6.08 Å². The Kier molecular flexibility index (Phi) is 5.00. The van der Waals surface area contributed by atoms with Crippen molar-refractivity contribution in [1.29, 1.82) is 0 Å². The molecular formula is C16H14ClNO3S. The molecule has 0 heterocycles. The third-order valence-corrected chi connectivity index (χ3v) is 3.72. The zero-order valence-electron chi connectivity index (χ0n) is 11.8. The molecule has 114 valence electrons. The summed E-state index contributed by atoms with van der Waals surface area (Å²) in [5.74, 6) is -0.239. The average molecular weight is 336 g/mol. The normalized spacial score (nSPS) is 11.5. The molecule has 22 heavy (non-hydrogen) atoms. The Balaban J connectivity index is 2.20. The first-order valence-corrected chi connectivity index (χ1v) is 8.67. The van der Waals surface area contributed by atoms with E-state index in [4.69, 9.17) is 11.6 Å². The SMILES string of the molecule is CS(=O)(=O)Nc1cccc(C(=O)/C=C/c2ccccc2Cl)c1. The van der Waals surface area contributed by atoms with Crippen molar-refractivity contribution in [3.05, 3.63) is 70.8 Å². The molecule has 0 fully saturated rings. The van der Waals surface area contributed by atoms with Gasteiger partial charge in [-0.3, -0.25) is 9.52 Å².